The highest BCUT2D eigenvalue weighted by Gasteiger charge is 2.36. The van der Waals surface area contributed by atoms with Gasteiger partial charge in [0.05, 0.1) is 18.1 Å². The molecule has 1 saturated heterocycles. The van der Waals surface area contributed by atoms with Gasteiger partial charge in [0, 0.05) is 24.3 Å². The molecule has 162 valence electrons. The molecule has 1 heterocycles. The van der Waals surface area contributed by atoms with Crippen LogP contribution in [0.5, 0.6) is 0 Å². The van der Waals surface area contributed by atoms with Gasteiger partial charge in [0.1, 0.15) is 0 Å². The van der Waals surface area contributed by atoms with Crippen LogP contribution in [-0.4, -0.2) is 43.5 Å². The van der Waals surface area contributed by atoms with Crippen molar-refractivity contribution in [3.8, 4) is 0 Å². The van der Waals surface area contributed by atoms with E-state index in [1.165, 1.54) is 4.90 Å². The molecule has 0 saturated carbocycles. The van der Waals surface area contributed by atoms with E-state index in [1.807, 2.05) is 13.0 Å². The van der Waals surface area contributed by atoms with Crippen LogP contribution in [0.1, 0.15) is 30.1 Å². The van der Waals surface area contributed by atoms with Crippen molar-refractivity contribution in [1.29, 1.82) is 0 Å². The van der Waals surface area contributed by atoms with Crippen LogP contribution in [0.4, 0.5) is 11.4 Å². The molecule has 1 fully saturated rings. The van der Waals surface area contributed by atoms with Crippen molar-refractivity contribution < 1.29 is 28.7 Å². The van der Waals surface area contributed by atoms with E-state index in [-0.39, 0.29) is 18.9 Å². The first-order valence-corrected chi connectivity index (χ1v) is 10.1. The number of carbonyl (C=O) groups excluding carboxylic acids is 4. The Kier molecular flexibility index (Phi) is 7.37. The maximum absolute atomic E-state index is 12.4. The molecule has 0 aromatic heterocycles. The number of hydrogen-bond acceptors (Lipinski definition) is 6. The van der Waals surface area contributed by atoms with Crippen molar-refractivity contribution in [2.75, 3.05) is 30.0 Å². The molecule has 0 unspecified atom stereocenters. The topological polar surface area (TPSA) is 102 Å². The lowest BCUT2D eigenvalue weighted by Gasteiger charge is -2.17. The second-order valence-corrected chi connectivity index (χ2v) is 7.11. The number of nitrogens with zero attached hydrogens (tertiary/aromatic N) is 1. The van der Waals surface area contributed by atoms with E-state index < -0.39 is 30.4 Å². The number of ether oxygens (including phenoxy) is 2. The third kappa shape index (κ3) is 5.91. The first kappa shape index (κ1) is 22.0. The molecule has 8 heteroatoms. The molecule has 1 aliphatic rings. The van der Waals surface area contributed by atoms with Crippen LogP contribution in [0, 0.1) is 5.92 Å². The highest BCUT2D eigenvalue weighted by Crippen LogP contribution is 2.26. The Morgan fingerprint density at radius 1 is 1.03 bits per heavy atom. The predicted molar refractivity (Wildman–Crippen MR) is 114 cm³/mol. The summed E-state index contributed by atoms with van der Waals surface area (Å²) in [5.41, 5.74) is 1.58. The summed E-state index contributed by atoms with van der Waals surface area (Å²) in [6, 6.07) is 15.3. The second-order valence-electron chi connectivity index (χ2n) is 7.11. The number of rotatable bonds is 8. The van der Waals surface area contributed by atoms with Crippen molar-refractivity contribution in [2.45, 2.75) is 19.8 Å². The van der Waals surface area contributed by atoms with Crippen molar-refractivity contribution in [3.63, 3.8) is 0 Å². The molecule has 0 aliphatic carbocycles. The Labute approximate surface area is 180 Å². The number of amides is 2. The zero-order chi connectivity index (χ0) is 22.2. The minimum Gasteiger partial charge on any atom is -0.462 e. The first-order chi connectivity index (χ1) is 15.0. The Balaban J connectivity index is 1.51. The van der Waals surface area contributed by atoms with Gasteiger partial charge in [-0.25, -0.2) is 4.79 Å². The average Bonchev–Trinajstić information content (AvgIpc) is 3.18. The fourth-order valence-electron chi connectivity index (χ4n) is 3.14. The fraction of sp³-hybridized carbons (Fsp3) is 0.304. The van der Waals surface area contributed by atoms with Crippen LogP contribution in [0.3, 0.4) is 0 Å². The number of carbonyl (C=O) groups is 4. The summed E-state index contributed by atoms with van der Waals surface area (Å²) in [6.45, 7) is 1.98. The van der Waals surface area contributed by atoms with E-state index in [4.69, 9.17) is 9.47 Å². The number of nitrogens with one attached hydrogen (secondary N) is 1. The molecule has 1 N–H and O–H groups in total. The number of hydrogen-bond donors (Lipinski definition) is 1. The molecule has 0 radical (unpaired) electrons. The third-order valence-corrected chi connectivity index (χ3v) is 4.71. The van der Waals surface area contributed by atoms with Crippen LogP contribution < -0.4 is 10.2 Å². The number of anilines is 2. The fourth-order valence-corrected chi connectivity index (χ4v) is 3.14. The Morgan fingerprint density at radius 2 is 1.74 bits per heavy atom. The van der Waals surface area contributed by atoms with E-state index in [2.05, 4.69) is 5.32 Å². The van der Waals surface area contributed by atoms with Crippen LogP contribution in [0.2, 0.25) is 0 Å². The lowest BCUT2D eigenvalue weighted by atomic mass is 10.1. The summed E-state index contributed by atoms with van der Waals surface area (Å²) < 4.78 is 10.2. The highest BCUT2D eigenvalue weighted by atomic mass is 16.5. The standard InChI is InChI=1S/C23H24N2O6/c1-2-12-30-22(28)16-8-10-19(11-9-16)25-14-17(13-21(25)27)23(29)31-15-20(26)24-18-6-4-3-5-7-18/h3-11,17H,2,12-15H2,1H3,(H,24,26)/t17-/m0/s1. The largest absolute Gasteiger partial charge is 0.462 e. The summed E-state index contributed by atoms with van der Waals surface area (Å²) in [7, 11) is 0. The van der Waals surface area contributed by atoms with Gasteiger partial charge in [0.15, 0.2) is 6.61 Å². The summed E-state index contributed by atoms with van der Waals surface area (Å²) in [4.78, 5) is 50.0. The highest BCUT2D eigenvalue weighted by molar-refractivity contribution is 6.00. The molecule has 2 aromatic carbocycles. The van der Waals surface area contributed by atoms with E-state index in [0.29, 0.717) is 23.5 Å². The van der Waals surface area contributed by atoms with Gasteiger partial charge in [0.25, 0.3) is 5.91 Å². The summed E-state index contributed by atoms with van der Waals surface area (Å²) in [6.07, 6.45) is 0.733. The molecule has 8 nitrogen and oxygen atoms in total. The molecular formula is C23H24N2O6. The predicted octanol–water partition coefficient (Wildman–Crippen LogP) is 2.79. The summed E-state index contributed by atoms with van der Waals surface area (Å²) in [5, 5.41) is 2.63. The Hall–Kier alpha value is -3.68. The van der Waals surface area contributed by atoms with Gasteiger partial charge in [-0.1, -0.05) is 25.1 Å². The molecule has 3 rings (SSSR count). The van der Waals surface area contributed by atoms with Gasteiger partial charge in [-0.2, -0.15) is 0 Å². The summed E-state index contributed by atoms with van der Waals surface area (Å²) in [5.74, 6) is -2.36. The number of benzene rings is 2. The van der Waals surface area contributed by atoms with Crippen LogP contribution in [0.25, 0.3) is 0 Å². The first-order valence-electron chi connectivity index (χ1n) is 10.1. The van der Waals surface area contributed by atoms with E-state index in [0.717, 1.165) is 6.42 Å². The maximum atomic E-state index is 12.4. The molecule has 1 atom stereocenters. The quantitative estimate of drug-likeness (QED) is 0.654. The molecule has 2 amide bonds. The zero-order valence-electron chi connectivity index (χ0n) is 17.2. The zero-order valence-corrected chi connectivity index (χ0v) is 17.2. The smallest absolute Gasteiger partial charge is 0.338 e. The maximum Gasteiger partial charge on any atom is 0.338 e. The SMILES string of the molecule is CCCOC(=O)c1ccc(N2C[C@@H](C(=O)OCC(=O)Nc3ccccc3)CC2=O)cc1. The van der Waals surface area contributed by atoms with Crippen molar-refractivity contribution in [1.82, 2.24) is 0 Å². The second kappa shape index (κ2) is 10.4. The molecule has 31 heavy (non-hydrogen) atoms. The molecule has 0 spiro atoms. The van der Waals surface area contributed by atoms with Gasteiger partial charge in [-0.3, -0.25) is 14.4 Å². The Morgan fingerprint density at radius 3 is 2.42 bits per heavy atom. The van der Waals surface area contributed by atoms with Crippen LogP contribution >= 0.6 is 0 Å². The average molecular weight is 424 g/mol. The lowest BCUT2D eigenvalue weighted by Crippen LogP contribution is -2.28. The lowest BCUT2D eigenvalue weighted by molar-refractivity contribution is -0.151. The monoisotopic (exact) mass is 424 g/mol. The van der Waals surface area contributed by atoms with Gasteiger partial charge in [0.2, 0.25) is 5.91 Å². The number of para-hydroxylation sites is 1. The van der Waals surface area contributed by atoms with Crippen molar-refractivity contribution in [3.05, 3.63) is 60.2 Å². The normalized spacial score (nSPS) is 15.5. The van der Waals surface area contributed by atoms with Crippen LogP contribution in [0.15, 0.2) is 54.6 Å². The van der Waals surface area contributed by atoms with Gasteiger partial charge >= 0.3 is 11.9 Å². The van der Waals surface area contributed by atoms with Gasteiger partial charge < -0.3 is 19.7 Å². The minimum absolute atomic E-state index is 0.000565. The van der Waals surface area contributed by atoms with Crippen molar-refractivity contribution >= 4 is 35.1 Å². The van der Waals surface area contributed by atoms with Gasteiger partial charge in [-0.15, -0.1) is 0 Å². The van der Waals surface area contributed by atoms with Gasteiger partial charge in [-0.05, 0) is 42.8 Å². The van der Waals surface area contributed by atoms with E-state index >= 15 is 0 Å². The van der Waals surface area contributed by atoms with E-state index in [1.54, 1.807) is 48.5 Å². The summed E-state index contributed by atoms with van der Waals surface area (Å²) >= 11 is 0. The van der Waals surface area contributed by atoms with Crippen molar-refractivity contribution in [2.24, 2.45) is 5.92 Å². The van der Waals surface area contributed by atoms with Crippen LogP contribution in [-0.2, 0) is 23.9 Å². The molecule has 2 aromatic rings. The molecule has 0 bridgehead atoms. The molecular weight excluding hydrogens is 400 g/mol. The minimum atomic E-state index is -0.661. The van der Waals surface area contributed by atoms with E-state index in [9.17, 15) is 19.2 Å². The Bertz CT molecular complexity index is 942. The molecule has 1 aliphatic heterocycles. The third-order valence-electron chi connectivity index (χ3n) is 4.71. The number of esters is 2.